The summed E-state index contributed by atoms with van der Waals surface area (Å²) in [6.07, 6.45) is 8.75. The lowest BCUT2D eigenvalue weighted by atomic mass is 10.1. The van der Waals surface area contributed by atoms with Gasteiger partial charge >= 0.3 is 0 Å². The lowest BCUT2D eigenvalue weighted by Gasteiger charge is -2.05. The van der Waals surface area contributed by atoms with Crippen molar-refractivity contribution in [1.29, 1.82) is 0 Å². The molecule has 0 amide bonds. The Kier molecular flexibility index (Phi) is 3.61. The Balaban J connectivity index is 1.67. The molecule has 0 aliphatic heterocycles. The van der Waals surface area contributed by atoms with E-state index in [0.717, 1.165) is 22.2 Å². The summed E-state index contributed by atoms with van der Waals surface area (Å²) in [6.45, 7) is 0. The quantitative estimate of drug-likeness (QED) is 0.535. The summed E-state index contributed by atoms with van der Waals surface area (Å²) >= 11 is 0. The van der Waals surface area contributed by atoms with Gasteiger partial charge in [0.25, 0.3) is 0 Å². The highest BCUT2D eigenvalue weighted by Crippen LogP contribution is 2.22. The van der Waals surface area contributed by atoms with Crippen LogP contribution in [-0.2, 0) is 20.5 Å². The number of imidazole rings is 2. The summed E-state index contributed by atoms with van der Waals surface area (Å²) in [6, 6.07) is 5.98. The van der Waals surface area contributed by atoms with E-state index in [4.69, 9.17) is 0 Å². The minimum atomic E-state index is -0.0947. The molecule has 0 radical (unpaired) electrons. The van der Waals surface area contributed by atoms with Gasteiger partial charge < -0.3 is 9.13 Å². The van der Waals surface area contributed by atoms with Crippen LogP contribution in [0.15, 0.2) is 49.4 Å². The van der Waals surface area contributed by atoms with Crippen LogP contribution in [-0.4, -0.2) is 34.9 Å². The molecule has 124 valence electrons. The third-order valence-corrected chi connectivity index (χ3v) is 4.05. The van der Waals surface area contributed by atoms with Crippen molar-refractivity contribution in [3.8, 4) is 11.3 Å². The van der Waals surface area contributed by atoms with Crippen molar-refractivity contribution in [2.45, 2.75) is 6.42 Å². The summed E-state index contributed by atoms with van der Waals surface area (Å²) in [7, 11) is 3.78. The summed E-state index contributed by atoms with van der Waals surface area (Å²) in [5.41, 5.74) is 3.26. The Morgan fingerprint density at radius 3 is 2.72 bits per heavy atom. The smallest absolute Gasteiger partial charge is 0.190 e. The van der Waals surface area contributed by atoms with Gasteiger partial charge in [-0.25, -0.2) is 19.9 Å². The molecule has 0 saturated heterocycles. The zero-order valence-corrected chi connectivity index (χ0v) is 13.9. The van der Waals surface area contributed by atoms with Gasteiger partial charge in [0.15, 0.2) is 5.78 Å². The van der Waals surface area contributed by atoms with Crippen LogP contribution >= 0.6 is 0 Å². The highest BCUT2D eigenvalue weighted by molar-refractivity contribution is 5.95. The monoisotopic (exact) mass is 332 g/mol. The van der Waals surface area contributed by atoms with Crippen molar-refractivity contribution in [3.05, 3.63) is 61.0 Å². The van der Waals surface area contributed by atoms with Gasteiger partial charge in [-0.3, -0.25) is 4.79 Å². The number of aryl methyl sites for hydroxylation is 2. The maximum atomic E-state index is 12.3. The molecule has 4 aromatic rings. The maximum absolute atomic E-state index is 12.3. The number of fused-ring (bicyclic) bond motifs is 1. The number of ketones is 1. The van der Waals surface area contributed by atoms with Crippen LogP contribution in [0.4, 0.5) is 0 Å². The zero-order chi connectivity index (χ0) is 17.4. The molecule has 7 heteroatoms. The van der Waals surface area contributed by atoms with Crippen LogP contribution in [0.25, 0.3) is 22.2 Å². The first kappa shape index (κ1) is 15.2. The molecule has 4 rings (SSSR count). The molecule has 3 aromatic heterocycles. The van der Waals surface area contributed by atoms with Gasteiger partial charge in [-0.1, -0.05) is 12.1 Å². The van der Waals surface area contributed by atoms with Crippen molar-refractivity contribution >= 4 is 16.7 Å². The Hall–Kier alpha value is -3.35. The summed E-state index contributed by atoms with van der Waals surface area (Å²) < 4.78 is 3.70. The summed E-state index contributed by atoms with van der Waals surface area (Å²) in [5, 5.41) is 0.931. The molecule has 3 heterocycles. The lowest BCUT2D eigenvalue weighted by Crippen LogP contribution is -2.07. The van der Waals surface area contributed by atoms with Crippen molar-refractivity contribution in [1.82, 2.24) is 29.1 Å². The Morgan fingerprint density at radius 1 is 1.12 bits per heavy atom. The number of Topliss-reactive ketones (excluding diaryl/α,β-unsaturated/α-hetero) is 1. The molecular formula is C18H16N6O. The highest BCUT2D eigenvalue weighted by atomic mass is 16.1. The number of carbonyl (C=O) groups excluding carboxylic acids is 1. The van der Waals surface area contributed by atoms with Crippen LogP contribution in [0.3, 0.4) is 0 Å². The predicted octanol–water partition coefficient (Wildman–Crippen LogP) is 2.19. The second-order valence-electron chi connectivity index (χ2n) is 5.97. The fraction of sp³-hybridized carbons (Fsp3) is 0.167. The van der Waals surface area contributed by atoms with Gasteiger partial charge in [-0.15, -0.1) is 0 Å². The van der Waals surface area contributed by atoms with E-state index < -0.39 is 0 Å². The lowest BCUT2D eigenvalue weighted by molar-refractivity contribution is 0.0986. The van der Waals surface area contributed by atoms with E-state index in [1.165, 1.54) is 0 Å². The molecule has 0 unspecified atom stereocenters. The molecule has 0 N–H and O–H groups in total. The molecule has 7 nitrogen and oxygen atoms in total. The molecule has 25 heavy (non-hydrogen) atoms. The topological polar surface area (TPSA) is 78.5 Å². The Bertz CT molecular complexity index is 1080. The second-order valence-corrected chi connectivity index (χ2v) is 5.97. The fourth-order valence-corrected chi connectivity index (χ4v) is 2.73. The Labute approximate surface area is 144 Å². The molecule has 0 aliphatic carbocycles. The van der Waals surface area contributed by atoms with Gasteiger partial charge in [0.1, 0.15) is 11.5 Å². The van der Waals surface area contributed by atoms with Crippen LogP contribution in [0.2, 0.25) is 0 Å². The largest absolute Gasteiger partial charge is 0.340 e. The van der Waals surface area contributed by atoms with Crippen LogP contribution in [0.1, 0.15) is 16.3 Å². The number of hydrogen-bond donors (Lipinski definition) is 0. The average Bonchev–Trinajstić information content (AvgIpc) is 3.22. The van der Waals surface area contributed by atoms with Gasteiger partial charge in [0.05, 0.1) is 36.5 Å². The zero-order valence-electron chi connectivity index (χ0n) is 13.9. The SMILES string of the molecule is Cn1cnc(C(=O)Cc2ncc3ccc(-c4cncn4C)cc3n2)c1. The van der Waals surface area contributed by atoms with Crippen molar-refractivity contribution in [2.24, 2.45) is 14.1 Å². The van der Waals surface area contributed by atoms with E-state index in [9.17, 15) is 4.79 Å². The van der Waals surface area contributed by atoms with Crippen LogP contribution in [0, 0.1) is 0 Å². The van der Waals surface area contributed by atoms with E-state index in [-0.39, 0.29) is 12.2 Å². The maximum Gasteiger partial charge on any atom is 0.190 e. The Morgan fingerprint density at radius 2 is 2.00 bits per heavy atom. The molecular weight excluding hydrogens is 316 g/mol. The van der Waals surface area contributed by atoms with E-state index >= 15 is 0 Å². The molecule has 0 spiro atoms. The number of nitrogens with zero attached hydrogens (tertiary/aromatic N) is 6. The number of benzene rings is 1. The minimum Gasteiger partial charge on any atom is -0.340 e. The van der Waals surface area contributed by atoms with Crippen molar-refractivity contribution < 1.29 is 4.79 Å². The minimum absolute atomic E-state index is 0.0947. The predicted molar refractivity (Wildman–Crippen MR) is 93.0 cm³/mol. The van der Waals surface area contributed by atoms with E-state index in [2.05, 4.69) is 19.9 Å². The second kappa shape index (κ2) is 5.94. The van der Waals surface area contributed by atoms with Gasteiger partial charge in [0, 0.05) is 37.4 Å². The van der Waals surface area contributed by atoms with Crippen LogP contribution in [0.5, 0.6) is 0 Å². The molecule has 0 bridgehead atoms. The van der Waals surface area contributed by atoms with E-state index in [1.54, 1.807) is 29.6 Å². The summed E-state index contributed by atoms with van der Waals surface area (Å²) in [5.74, 6) is 0.396. The molecule has 0 saturated carbocycles. The molecule has 0 aliphatic rings. The van der Waals surface area contributed by atoms with E-state index in [0.29, 0.717) is 11.5 Å². The molecule has 1 aromatic carbocycles. The van der Waals surface area contributed by atoms with Crippen molar-refractivity contribution in [3.63, 3.8) is 0 Å². The van der Waals surface area contributed by atoms with Crippen molar-refractivity contribution in [2.75, 3.05) is 0 Å². The van der Waals surface area contributed by atoms with Gasteiger partial charge in [-0.2, -0.15) is 0 Å². The first-order valence-corrected chi connectivity index (χ1v) is 7.84. The normalized spacial score (nSPS) is 11.1. The average molecular weight is 332 g/mol. The van der Waals surface area contributed by atoms with Gasteiger partial charge in [-0.05, 0) is 6.07 Å². The third kappa shape index (κ3) is 2.91. The third-order valence-electron chi connectivity index (χ3n) is 4.05. The first-order valence-electron chi connectivity index (χ1n) is 7.84. The number of hydrogen-bond acceptors (Lipinski definition) is 5. The molecule has 0 atom stereocenters. The molecule has 0 fully saturated rings. The number of aromatic nitrogens is 6. The van der Waals surface area contributed by atoms with Crippen LogP contribution < -0.4 is 0 Å². The van der Waals surface area contributed by atoms with E-state index in [1.807, 2.05) is 43.1 Å². The highest BCUT2D eigenvalue weighted by Gasteiger charge is 2.12. The number of carbonyl (C=O) groups is 1. The number of rotatable bonds is 4. The first-order chi connectivity index (χ1) is 12.1. The summed E-state index contributed by atoms with van der Waals surface area (Å²) in [4.78, 5) is 29.4. The fourth-order valence-electron chi connectivity index (χ4n) is 2.73. The van der Waals surface area contributed by atoms with Gasteiger partial charge in [0.2, 0.25) is 0 Å². The standard InChI is InChI=1S/C18H16N6O/c1-23-9-15(21-11-23)17(25)6-18-20-7-13-4-3-12(5-14(13)22-18)16-8-19-10-24(16)2/h3-5,7-11H,6H2,1-2H3.